The zero-order valence-electron chi connectivity index (χ0n) is 11.3. The highest BCUT2D eigenvalue weighted by molar-refractivity contribution is 5.88. The van der Waals surface area contributed by atoms with E-state index in [1.165, 1.54) is 13.3 Å². The lowest BCUT2D eigenvalue weighted by Crippen LogP contribution is -2.39. The second-order valence-corrected chi connectivity index (χ2v) is 4.88. The summed E-state index contributed by atoms with van der Waals surface area (Å²) >= 11 is 0. The Morgan fingerprint density at radius 3 is 2.89 bits per heavy atom. The number of ether oxygens (including phenoxy) is 1. The molecule has 1 aliphatic heterocycles. The van der Waals surface area contributed by atoms with Crippen molar-refractivity contribution in [2.75, 3.05) is 20.2 Å². The van der Waals surface area contributed by atoms with E-state index in [9.17, 15) is 9.59 Å². The highest BCUT2D eigenvalue weighted by Crippen LogP contribution is 2.14. The van der Waals surface area contributed by atoms with E-state index in [0.717, 1.165) is 18.8 Å². The van der Waals surface area contributed by atoms with Crippen LogP contribution in [0.15, 0.2) is 18.3 Å². The Labute approximate surface area is 112 Å². The molecule has 0 bridgehead atoms. The molecular formula is C14H18N2O3. The maximum Gasteiger partial charge on any atom is 0.339 e. The van der Waals surface area contributed by atoms with Crippen molar-refractivity contribution in [3.63, 3.8) is 0 Å². The van der Waals surface area contributed by atoms with Crippen LogP contribution in [-0.2, 0) is 16.1 Å². The molecule has 5 heteroatoms. The van der Waals surface area contributed by atoms with Gasteiger partial charge in [-0.15, -0.1) is 0 Å². The quantitative estimate of drug-likeness (QED) is 0.768. The Morgan fingerprint density at radius 2 is 2.32 bits per heavy atom. The third-order valence-corrected chi connectivity index (χ3v) is 3.39. The van der Waals surface area contributed by atoms with E-state index in [1.807, 2.05) is 13.0 Å². The Bertz CT molecular complexity index is 470. The van der Waals surface area contributed by atoms with Crippen LogP contribution in [0.3, 0.4) is 0 Å². The molecule has 0 saturated carbocycles. The second kappa shape index (κ2) is 5.93. The summed E-state index contributed by atoms with van der Waals surface area (Å²) in [4.78, 5) is 29.2. The first-order valence-electron chi connectivity index (χ1n) is 6.38. The number of hydrogen-bond acceptors (Lipinski definition) is 5. The predicted molar refractivity (Wildman–Crippen MR) is 69.6 cm³/mol. The lowest BCUT2D eigenvalue weighted by Gasteiger charge is -2.29. The molecule has 1 fully saturated rings. The van der Waals surface area contributed by atoms with Gasteiger partial charge in [-0.3, -0.25) is 14.7 Å². The lowest BCUT2D eigenvalue weighted by molar-refractivity contribution is -0.125. The summed E-state index contributed by atoms with van der Waals surface area (Å²) in [6, 6.07) is 3.54. The fraction of sp³-hybridized carbons (Fsp3) is 0.500. The van der Waals surface area contributed by atoms with Crippen molar-refractivity contribution in [3.05, 3.63) is 29.6 Å². The number of nitrogens with zero attached hydrogens (tertiary/aromatic N) is 2. The summed E-state index contributed by atoms with van der Waals surface area (Å²) in [5, 5.41) is 0. The van der Waals surface area contributed by atoms with E-state index in [4.69, 9.17) is 0 Å². The summed E-state index contributed by atoms with van der Waals surface area (Å²) in [5.41, 5.74) is 1.35. The number of ketones is 1. The van der Waals surface area contributed by atoms with Gasteiger partial charge in [0, 0.05) is 38.2 Å². The summed E-state index contributed by atoms with van der Waals surface area (Å²) in [5.74, 6) is 0.0598. The number of likely N-dealkylation sites (tertiary alicyclic amines) is 1. The predicted octanol–water partition coefficient (Wildman–Crippen LogP) is 1.28. The molecule has 0 radical (unpaired) electrons. The van der Waals surface area contributed by atoms with Gasteiger partial charge in [-0.1, -0.05) is 6.92 Å². The number of piperidine rings is 1. The van der Waals surface area contributed by atoms with E-state index in [1.54, 1.807) is 6.07 Å². The Hall–Kier alpha value is -1.75. The molecule has 5 nitrogen and oxygen atoms in total. The standard InChI is InChI=1S/C14H18N2O3/c1-10-8-16(6-5-13(10)17)9-12-4-3-11(7-15-12)14(18)19-2/h3-4,7,10H,5-6,8-9H2,1-2H3. The van der Waals surface area contributed by atoms with Crippen molar-refractivity contribution >= 4 is 11.8 Å². The van der Waals surface area contributed by atoms with E-state index >= 15 is 0 Å². The molecule has 1 aromatic rings. The zero-order chi connectivity index (χ0) is 13.8. The average molecular weight is 262 g/mol. The SMILES string of the molecule is COC(=O)c1ccc(CN2CCC(=O)C(C)C2)nc1. The summed E-state index contributed by atoms with van der Waals surface area (Å²) < 4.78 is 4.63. The number of carbonyl (C=O) groups excluding carboxylic acids is 2. The van der Waals surface area contributed by atoms with E-state index in [2.05, 4.69) is 14.6 Å². The third kappa shape index (κ3) is 3.38. The van der Waals surface area contributed by atoms with Gasteiger partial charge >= 0.3 is 5.97 Å². The maximum absolute atomic E-state index is 11.5. The number of hydrogen-bond donors (Lipinski definition) is 0. The van der Waals surface area contributed by atoms with E-state index < -0.39 is 0 Å². The molecule has 0 aliphatic carbocycles. The van der Waals surface area contributed by atoms with Gasteiger partial charge in [-0.2, -0.15) is 0 Å². The van der Waals surface area contributed by atoms with Crippen LogP contribution in [0, 0.1) is 5.92 Å². The molecule has 1 aliphatic rings. The number of aromatic nitrogens is 1. The monoisotopic (exact) mass is 262 g/mol. The Kier molecular flexibility index (Phi) is 4.27. The van der Waals surface area contributed by atoms with Crippen molar-refractivity contribution in [2.24, 2.45) is 5.92 Å². The molecular weight excluding hydrogens is 244 g/mol. The molecule has 1 unspecified atom stereocenters. The average Bonchev–Trinajstić information content (AvgIpc) is 2.43. The Morgan fingerprint density at radius 1 is 1.53 bits per heavy atom. The number of esters is 1. The highest BCUT2D eigenvalue weighted by atomic mass is 16.5. The second-order valence-electron chi connectivity index (χ2n) is 4.88. The molecule has 0 N–H and O–H groups in total. The van der Waals surface area contributed by atoms with Crippen LogP contribution < -0.4 is 0 Å². The molecule has 102 valence electrons. The van der Waals surface area contributed by atoms with Crippen LogP contribution >= 0.6 is 0 Å². The lowest BCUT2D eigenvalue weighted by atomic mass is 9.98. The first-order valence-corrected chi connectivity index (χ1v) is 6.38. The summed E-state index contributed by atoms with van der Waals surface area (Å²) in [6.07, 6.45) is 2.14. The molecule has 2 rings (SSSR count). The fourth-order valence-electron chi connectivity index (χ4n) is 2.22. The van der Waals surface area contributed by atoms with Gasteiger partial charge in [-0.05, 0) is 12.1 Å². The number of carbonyl (C=O) groups is 2. The molecule has 0 spiro atoms. The molecule has 0 amide bonds. The van der Waals surface area contributed by atoms with Crippen LogP contribution in [-0.4, -0.2) is 41.8 Å². The molecule has 0 aromatic carbocycles. The molecule has 1 aromatic heterocycles. The number of Topliss-reactive ketones (excluding diaryl/α,β-unsaturated/α-hetero) is 1. The molecule has 1 saturated heterocycles. The van der Waals surface area contributed by atoms with Crippen molar-refractivity contribution in [1.29, 1.82) is 0 Å². The van der Waals surface area contributed by atoms with Crippen molar-refractivity contribution in [1.82, 2.24) is 9.88 Å². The van der Waals surface area contributed by atoms with Gasteiger partial charge in [0.2, 0.25) is 0 Å². The Balaban J connectivity index is 1.96. The maximum atomic E-state index is 11.5. The smallest absolute Gasteiger partial charge is 0.339 e. The zero-order valence-corrected chi connectivity index (χ0v) is 11.3. The highest BCUT2D eigenvalue weighted by Gasteiger charge is 2.23. The van der Waals surface area contributed by atoms with Gasteiger partial charge in [0.25, 0.3) is 0 Å². The number of methoxy groups -OCH3 is 1. The molecule has 2 heterocycles. The topological polar surface area (TPSA) is 59.5 Å². The van der Waals surface area contributed by atoms with Crippen molar-refractivity contribution < 1.29 is 14.3 Å². The first-order chi connectivity index (χ1) is 9.10. The first kappa shape index (κ1) is 13.7. The minimum atomic E-state index is -0.378. The minimum Gasteiger partial charge on any atom is -0.465 e. The minimum absolute atomic E-state index is 0.100. The van der Waals surface area contributed by atoms with Crippen LogP contribution in [0.2, 0.25) is 0 Å². The summed E-state index contributed by atoms with van der Waals surface area (Å²) in [7, 11) is 1.35. The largest absolute Gasteiger partial charge is 0.465 e. The third-order valence-electron chi connectivity index (χ3n) is 3.39. The van der Waals surface area contributed by atoms with Crippen LogP contribution in [0.4, 0.5) is 0 Å². The molecule has 1 atom stereocenters. The van der Waals surface area contributed by atoms with Crippen molar-refractivity contribution in [3.8, 4) is 0 Å². The van der Waals surface area contributed by atoms with Crippen LogP contribution in [0.5, 0.6) is 0 Å². The van der Waals surface area contributed by atoms with Gasteiger partial charge in [0.15, 0.2) is 0 Å². The molecule has 19 heavy (non-hydrogen) atoms. The fourth-order valence-corrected chi connectivity index (χ4v) is 2.22. The van der Waals surface area contributed by atoms with Crippen LogP contribution in [0.25, 0.3) is 0 Å². The van der Waals surface area contributed by atoms with E-state index in [0.29, 0.717) is 24.3 Å². The normalized spacial score (nSPS) is 20.3. The van der Waals surface area contributed by atoms with E-state index in [-0.39, 0.29) is 11.9 Å². The number of pyridine rings is 1. The summed E-state index contributed by atoms with van der Waals surface area (Å²) in [6.45, 7) is 4.23. The van der Waals surface area contributed by atoms with Gasteiger partial charge in [0.1, 0.15) is 5.78 Å². The van der Waals surface area contributed by atoms with Gasteiger partial charge in [-0.25, -0.2) is 4.79 Å². The van der Waals surface area contributed by atoms with Gasteiger partial charge < -0.3 is 4.74 Å². The number of rotatable bonds is 3. The van der Waals surface area contributed by atoms with Crippen LogP contribution in [0.1, 0.15) is 29.4 Å². The van der Waals surface area contributed by atoms with Crippen molar-refractivity contribution in [2.45, 2.75) is 19.9 Å². The van der Waals surface area contributed by atoms with Gasteiger partial charge in [0.05, 0.1) is 18.4 Å².